The van der Waals surface area contributed by atoms with Gasteiger partial charge in [0.1, 0.15) is 0 Å². The lowest BCUT2D eigenvalue weighted by Gasteiger charge is -2.21. The molecule has 0 bridgehead atoms. The zero-order valence-electron chi connectivity index (χ0n) is 12.0. The number of rotatable bonds is 3. The van der Waals surface area contributed by atoms with E-state index in [4.69, 9.17) is 0 Å². The molecule has 1 nitrogen and oxygen atoms in total. The summed E-state index contributed by atoms with van der Waals surface area (Å²) in [6.07, 6.45) is 3.90. The molecule has 0 aromatic heterocycles. The Morgan fingerprint density at radius 3 is 1.95 bits per heavy atom. The van der Waals surface area contributed by atoms with Gasteiger partial charge in [-0.1, -0.05) is 48.5 Å². The molecule has 104 valence electrons. The Bertz CT molecular complexity index is 538. The lowest BCUT2D eigenvalue weighted by Crippen LogP contribution is -2.08. The Hall–Kier alpha value is -1.60. The number of hydrogen-bond donors (Lipinski definition) is 1. The van der Waals surface area contributed by atoms with Crippen LogP contribution in [-0.4, -0.2) is 11.2 Å². The van der Waals surface area contributed by atoms with Crippen molar-refractivity contribution >= 4 is 0 Å². The highest BCUT2D eigenvalue weighted by molar-refractivity contribution is 5.44. The van der Waals surface area contributed by atoms with Crippen molar-refractivity contribution in [2.45, 2.75) is 44.6 Å². The average Bonchev–Trinajstić information content (AvgIpc) is 2.62. The van der Waals surface area contributed by atoms with Gasteiger partial charge in [-0.25, -0.2) is 0 Å². The third-order valence-electron chi connectivity index (χ3n) is 4.40. The minimum atomic E-state index is -0.224. The highest BCUT2D eigenvalue weighted by Gasteiger charge is 2.23. The van der Waals surface area contributed by atoms with Gasteiger partial charge in [-0.15, -0.1) is 0 Å². The van der Waals surface area contributed by atoms with Gasteiger partial charge in [-0.3, -0.25) is 0 Å². The minimum Gasteiger partial charge on any atom is -0.393 e. The van der Waals surface area contributed by atoms with E-state index >= 15 is 0 Å². The summed E-state index contributed by atoms with van der Waals surface area (Å²) in [6, 6.07) is 17.6. The van der Waals surface area contributed by atoms with E-state index < -0.39 is 0 Å². The third-order valence-corrected chi connectivity index (χ3v) is 4.40. The Morgan fingerprint density at radius 2 is 1.45 bits per heavy atom. The van der Waals surface area contributed by atoms with Crippen LogP contribution in [0.15, 0.2) is 48.5 Å². The molecule has 1 atom stereocenters. The Labute approximate surface area is 121 Å². The molecule has 2 aromatic rings. The monoisotopic (exact) mass is 266 g/mol. The van der Waals surface area contributed by atoms with Crippen LogP contribution in [0.1, 0.15) is 47.9 Å². The number of fused-ring (bicyclic) bond motifs is 2. The highest BCUT2D eigenvalue weighted by atomic mass is 16.3. The van der Waals surface area contributed by atoms with Crippen LogP contribution >= 0.6 is 0 Å². The predicted molar refractivity (Wildman–Crippen MR) is 83.0 cm³/mol. The van der Waals surface area contributed by atoms with E-state index in [1.54, 1.807) is 0 Å². The van der Waals surface area contributed by atoms with Crippen molar-refractivity contribution in [3.8, 4) is 0 Å². The molecule has 1 aliphatic rings. The fourth-order valence-corrected chi connectivity index (χ4v) is 3.36. The van der Waals surface area contributed by atoms with Crippen LogP contribution < -0.4 is 0 Å². The molecule has 0 saturated carbocycles. The van der Waals surface area contributed by atoms with E-state index in [2.05, 4.69) is 48.5 Å². The van der Waals surface area contributed by atoms with Gasteiger partial charge in [0, 0.05) is 5.92 Å². The first-order valence-electron chi connectivity index (χ1n) is 7.59. The molecule has 0 saturated heterocycles. The zero-order chi connectivity index (χ0) is 13.9. The number of benzene rings is 2. The second kappa shape index (κ2) is 5.80. The van der Waals surface area contributed by atoms with E-state index in [0.29, 0.717) is 5.92 Å². The van der Waals surface area contributed by atoms with E-state index in [0.717, 1.165) is 25.7 Å². The summed E-state index contributed by atoms with van der Waals surface area (Å²) in [5, 5.41) is 9.65. The van der Waals surface area contributed by atoms with Crippen LogP contribution in [0.5, 0.6) is 0 Å². The second-order valence-corrected chi connectivity index (χ2v) is 5.88. The zero-order valence-corrected chi connectivity index (χ0v) is 12.0. The fraction of sp³-hybridized carbons (Fsp3) is 0.368. The molecular formula is C19H22O. The van der Waals surface area contributed by atoms with Crippen molar-refractivity contribution in [2.75, 3.05) is 0 Å². The molecular weight excluding hydrogens is 244 g/mol. The predicted octanol–water partition coefficient (Wildman–Crippen LogP) is 4.08. The lowest BCUT2D eigenvalue weighted by molar-refractivity contribution is 0.180. The SMILES string of the molecule is CC(O)CCC1c2ccccc2CCc2ccccc21. The van der Waals surface area contributed by atoms with E-state index in [-0.39, 0.29) is 6.10 Å². The number of aliphatic hydroxyl groups is 1. The van der Waals surface area contributed by atoms with Crippen LogP contribution in [-0.2, 0) is 12.8 Å². The maximum atomic E-state index is 9.65. The molecule has 0 amide bonds. The first-order chi connectivity index (χ1) is 9.75. The minimum absolute atomic E-state index is 0.224. The van der Waals surface area contributed by atoms with Crippen molar-refractivity contribution in [1.82, 2.24) is 0 Å². The summed E-state index contributed by atoms with van der Waals surface area (Å²) in [7, 11) is 0. The smallest absolute Gasteiger partial charge is 0.0512 e. The fourth-order valence-electron chi connectivity index (χ4n) is 3.36. The van der Waals surface area contributed by atoms with Crippen LogP contribution in [0.3, 0.4) is 0 Å². The van der Waals surface area contributed by atoms with Crippen LogP contribution in [0.2, 0.25) is 0 Å². The standard InChI is InChI=1S/C19H22O/c1-14(20)10-13-19-17-8-4-2-6-15(17)11-12-16-7-3-5-9-18(16)19/h2-9,14,19-20H,10-13H2,1H3. The van der Waals surface area contributed by atoms with Crippen LogP contribution in [0, 0.1) is 0 Å². The molecule has 0 spiro atoms. The quantitative estimate of drug-likeness (QED) is 0.887. The average molecular weight is 266 g/mol. The largest absolute Gasteiger partial charge is 0.393 e. The molecule has 0 aliphatic heterocycles. The molecule has 0 fully saturated rings. The molecule has 0 heterocycles. The summed E-state index contributed by atoms with van der Waals surface area (Å²) < 4.78 is 0. The van der Waals surface area contributed by atoms with Gasteiger partial charge < -0.3 is 5.11 Å². The van der Waals surface area contributed by atoms with Crippen molar-refractivity contribution in [2.24, 2.45) is 0 Å². The lowest BCUT2D eigenvalue weighted by atomic mass is 9.84. The van der Waals surface area contributed by atoms with Crippen LogP contribution in [0.25, 0.3) is 0 Å². The first-order valence-corrected chi connectivity index (χ1v) is 7.59. The van der Waals surface area contributed by atoms with Gasteiger partial charge in [0.15, 0.2) is 0 Å². The first kappa shape index (κ1) is 13.4. The summed E-state index contributed by atoms with van der Waals surface area (Å²) in [6.45, 7) is 1.88. The molecule has 1 N–H and O–H groups in total. The summed E-state index contributed by atoms with van der Waals surface area (Å²) in [5.41, 5.74) is 5.86. The van der Waals surface area contributed by atoms with E-state index in [1.807, 2.05) is 6.92 Å². The van der Waals surface area contributed by atoms with Crippen molar-refractivity contribution in [3.63, 3.8) is 0 Å². The van der Waals surface area contributed by atoms with Gasteiger partial charge in [0.2, 0.25) is 0 Å². The molecule has 1 aliphatic carbocycles. The number of hydrogen-bond acceptors (Lipinski definition) is 1. The van der Waals surface area contributed by atoms with Gasteiger partial charge in [-0.2, -0.15) is 0 Å². The van der Waals surface area contributed by atoms with Gasteiger partial charge in [-0.05, 0) is 54.9 Å². The van der Waals surface area contributed by atoms with Gasteiger partial charge >= 0.3 is 0 Å². The molecule has 1 unspecified atom stereocenters. The summed E-state index contributed by atoms with van der Waals surface area (Å²) in [4.78, 5) is 0. The second-order valence-electron chi connectivity index (χ2n) is 5.88. The molecule has 3 rings (SSSR count). The molecule has 1 heteroatoms. The van der Waals surface area contributed by atoms with Crippen molar-refractivity contribution in [3.05, 3.63) is 70.8 Å². The number of aliphatic hydroxyl groups excluding tert-OH is 1. The number of aryl methyl sites for hydroxylation is 2. The molecule has 2 aromatic carbocycles. The van der Waals surface area contributed by atoms with Gasteiger partial charge in [0.05, 0.1) is 6.10 Å². The van der Waals surface area contributed by atoms with E-state index in [9.17, 15) is 5.11 Å². The normalized spacial score (nSPS) is 16.1. The maximum absolute atomic E-state index is 9.65. The van der Waals surface area contributed by atoms with Gasteiger partial charge in [0.25, 0.3) is 0 Å². The Morgan fingerprint density at radius 1 is 0.950 bits per heavy atom. The topological polar surface area (TPSA) is 20.2 Å². The maximum Gasteiger partial charge on any atom is 0.0512 e. The van der Waals surface area contributed by atoms with E-state index in [1.165, 1.54) is 22.3 Å². The molecule has 20 heavy (non-hydrogen) atoms. The Kier molecular flexibility index (Phi) is 3.88. The Balaban J connectivity index is 2.04. The highest BCUT2D eigenvalue weighted by Crippen LogP contribution is 2.37. The molecule has 0 radical (unpaired) electrons. The third kappa shape index (κ3) is 2.64. The summed E-state index contributed by atoms with van der Waals surface area (Å²) in [5.74, 6) is 0.430. The van der Waals surface area contributed by atoms with Crippen molar-refractivity contribution in [1.29, 1.82) is 0 Å². The van der Waals surface area contributed by atoms with Crippen LogP contribution in [0.4, 0.5) is 0 Å². The van der Waals surface area contributed by atoms with Crippen molar-refractivity contribution < 1.29 is 5.11 Å². The summed E-state index contributed by atoms with van der Waals surface area (Å²) >= 11 is 0.